The van der Waals surface area contributed by atoms with E-state index >= 15 is 0 Å². The molecule has 0 aliphatic carbocycles. The van der Waals surface area contributed by atoms with E-state index in [1.54, 1.807) is 6.07 Å². The lowest BCUT2D eigenvalue weighted by atomic mass is 10.0. The van der Waals surface area contributed by atoms with Gasteiger partial charge in [-0.1, -0.05) is 18.5 Å². The van der Waals surface area contributed by atoms with Crippen LogP contribution in [-0.4, -0.2) is 28.7 Å². The van der Waals surface area contributed by atoms with Crippen LogP contribution in [-0.2, 0) is 11.2 Å². The van der Waals surface area contributed by atoms with Crippen LogP contribution in [0.15, 0.2) is 6.07 Å². The fraction of sp³-hybridized carbons (Fsp3) is 0.636. The summed E-state index contributed by atoms with van der Waals surface area (Å²) in [7, 11) is 0. The molecule has 1 aromatic heterocycles. The Morgan fingerprint density at radius 3 is 3.00 bits per heavy atom. The molecule has 1 atom stereocenters. The van der Waals surface area contributed by atoms with Crippen LogP contribution in [0.1, 0.15) is 26.1 Å². The molecule has 1 aliphatic heterocycles. The molecule has 1 aromatic rings. The minimum Gasteiger partial charge on any atom is -0.379 e. The van der Waals surface area contributed by atoms with E-state index in [9.17, 15) is 0 Å². The lowest BCUT2D eigenvalue weighted by molar-refractivity contribution is 0.185. The molecule has 5 heteroatoms. The zero-order chi connectivity index (χ0) is 11.6. The SMILES string of the molecule is CCc1nc(Cl)cc(NC2(C)CCOC2)n1. The molecule has 0 saturated carbocycles. The standard InChI is InChI=1S/C11H16ClN3O/c1-3-9-13-8(12)6-10(14-9)15-11(2)4-5-16-7-11/h6H,3-5,7H2,1-2H3,(H,13,14,15). The fourth-order valence-electron chi connectivity index (χ4n) is 1.76. The van der Waals surface area contributed by atoms with Crippen molar-refractivity contribution in [3.05, 3.63) is 17.0 Å². The van der Waals surface area contributed by atoms with Crippen LogP contribution < -0.4 is 5.32 Å². The normalized spacial score (nSPS) is 24.7. The van der Waals surface area contributed by atoms with Crippen molar-refractivity contribution in [3.63, 3.8) is 0 Å². The van der Waals surface area contributed by atoms with Crippen molar-refractivity contribution in [1.29, 1.82) is 0 Å². The summed E-state index contributed by atoms with van der Waals surface area (Å²) in [6.07, 6.45) is 1.76. The largest absolute Gasteiger partial charge is 0.379 e. The number of anilines is 1. The highest BCUT2D eigenvalue weighted by molar-refractivity contribution is 6.29. The second-order valence-corrected chi connectivity index (χ2v) is 4.72. The van der Waals surface area contributed by atoms with Gasteiger partial charge in [-0.05, 0) is 13.3 Å². The van der Waals surface area contributed by atoms with Crippen molar-refractivity contribution < 1.29 is 4.74 Å². The predicted molar refractivity (Wildman–Crippen MR) is 63.9 cm³/mol. The average molecular weight is 242 g/mol. The molecule has 88 valence electrons. The van der Waals surface area contributed by atoms with Gasteiger partial charge in [-0.2, -0.15) is 0 Å². The molecule has 1 aliphatic rings. The minimum absolute atomic E-state index is 0.0390. The summed E-state index contributed by atoms with van der Waals surface area (Å²) >= 11 is 5.94. The lowest BCUT2D eigenvalue weighted by Gasteiger charge is -2.24. The third-order valence-corrected chi connectivity index (χ3v) is 2.90. The van der Waals surface area contributed by atoms with Crippen molar-refractivity contribution in [2.24, 2.45) is 0 Å². The van der Waals surface area contributed by atoms with Gasteiger partial charge in [-0.15, -0.1) is 0 Å². The molecule has 0 spiro atoms. The van der Waals surface area contributed by atoms with Gasteiger partial charge in [0.1, 0.15) is 16.8 Å². The predicted octanol–water partition coefficient (Wildman–Crippen LogP) is 2.28. The molecule has 1 saturated heterocycles. The number of ether oxygens (including phenoxy) is 1. The molecule has 1 N–H and O–H groups in total. The van der Waals surface area contributed by atoms with E-state index in [2.05, 4.69) is 22.2 Å². The highest BCUT2D eigenvalue weighted by atomic mass is 35.5. The van der Waals surface area contributed by atoms with Crippen LogP contribution >= 0.6 is 11.6 Å². The molecular weight excluding hydrogens is 226 g/mol. The summed E-state index contributed by atoms with van der Waals surface area (Å²) in [6, 6.07) is 1.75. The number of hydrogen-bond acceptors (Lipinski definition) is 4. The molecule has 1 fully saturated rings. The number of aryl methyl sites for hydroxylation is 1. The maximum Gasteiger partial charge on any atom is 0.134 e. The zero-order valence-electron chi connectivity index (χ0n) is 9.59. The van der Waals surface area contributed by atoms with Crippen molar-refractivity contribution in [2.45, 2.75) is 32.2 Å². The van der Waals surface area contributed by atoms with Gasteiger partial charge < -0.3 is 10.1 Å². The Kier molecular flexibility index (Phi) is 3.30. The van der Waals surface area contributed by atoms with Crippen molar-refractivity contribution in [1.82, 2.24) is 9.97 Å². The van der Waals surface area contributed by atoms with Crippen molar-refractivity contribution >= 4 is 17.4 Å². The molecule has 16 heavy (non-hydrogen) atoms. The van der Waals surface area contributed by atoms with E-state index in [1.807, 2.05) is 6.92 Å². The maximum atomic E-state index is 5.94. The number of rotatable bonds is 3. The fourth-order valence-corrected chi connectivity index (χ4v) is 1.96. The topological polar surface area (TPSA) is 47.0 Å². The van der Waals surface area contributed by atoms with Gasteiger partial charge >= 0.3 is 0 Å². The molecule has 4 nitrogen and oxygen atoms in total. The van der Waals surface area contributed by atoms with Crippen LogP contribution in [0, 0.1) is 0 Å². The highest BCUT2D eigenvalue weighted by Crippen LogP contribution is 2.23. The first-order valence-corrected chi connectivity index (χ1v) is 5.88. The number of nitrogens with zero attached hydrogens (tertiary/aromatic N) is 2. The Morgan fingerprint density at radius 1 is 1.56 bits per heavy atom. The summed E-state index contributed by atoms with van der Waals surface area (Å²) in [6.45, 7) is 5.64. The summed E-state index contributed by atoms with van der Waals surface area (Å²) in [4.78, 5) is 8.53. The van der Waals surface area contributed by atoms with Gasteiger partial charge in [0.15, 0.2) is 0 Å². The van der Waals surface area contributed by atoms with Gasteiger partial charge in [-0.25, -0.2) is 9.97 Å². The van der Waals surface area contributed by atoms with E-state index in [1.165, 1.54) is 0 Å². The lowest BCUT2D eigenvalue weighted by Crippen LogP contribution is -2.35. The Balaban J connectivity index is 2.17. The zero-order valence-corrected chi connectivity index (χ0v) is 10.3. The Hall–Kier alpha value is -0.870. The highest BCUT2D eigenvalue weighted by Gasteiger charge is 2.29. The summed E-state index contributed by atoms with van der Waals surface area (Å²) in [5.41, 5.74) is -0.0390. The van der Waals surface area contributed by atoms with Crippen LogP contribution in [0.5, 0.6) is 0 Å². The minimum atomic E-state index is -0.0390. The summed E-state index contributed by atoms with van der Waals surface area (Å²) in [5, 5.41) is 3.86. The van der Waals surface area contributed by atoms with Gasteiger partial charge in [0.2, 0.25) is 0 Å². The molecular formula is C11H16ClN3O. The second kappa shape index (κ2) is 4.55. The number of aromatic nitrogens is 2. The molecule has 0 radical (unpaired) electrons. The van der Waals surface area contributed by atoms with E-state index in [-0.39, 0.29) is 5.54 Å². The summed E-state index contributed by atoms with van der Waals surface area (Å²) in [5.74, 6) is 1.54. The monoisotopic (exact) mass is 241 g/mol. The molecule has 0 bridgehead atoms. The first-order valence-electron chi connectivity index (χ1n) is 5.51. The van der Waals surface area contributed by atoms with Gasteiger partial charge in [0.05, 0.1) is 12.1 Å². The second-order valence-electron chi connectivity index (χ2n) is 4.33. The Bertz CT molecular complexity index is 377. The quantitative estimate of drug-likeness (QED) is 0.825. The van der Waals surface area contributed by atoms with Crippen molar-refractivity contribution in [2.75, 3.05) is 18.5 Å². The molecule has 0 aromatic carbocycles. The van der Waals surface area contributed by atoms with Crippen LogP contribution in [0.2, 0.25) is 5.15 Å². The third-order valence-electron chi connectivity index (χ3n) is 2.71. The Morgan fingerprint density at radius 2 is 2.38 bits per heavy atom. The van der Waals surface area contributed by atoms with E-state index in [0.717, 1.165) is 31.1 Å². The third kappa shape index (κ3) is 2.62. The molecule has 1 unspecified atom stereocenters. The Labute approximate surface area is 100 Å². The molecule has 2 rings (SSSR count). The first-order chi connectivity index (χ1) is 7.61. The van der Waals surface area contributed by atoms with Gasteiger partial charge in [0, 0.05) is 19.1 Å². The molecule has 0 amide bonds. The molecule has 2 heterocycles. The smallest absolute Gasteiger partial charge is 0.134 e. The van der Waals surface area contributed by atoms with E-state index in [4.69, 9.17) is 16.3 Å². The van der Waals surface area contributed by atoms with Gasteiger partial charge in [-0.3, -0.25) is 0 Å². The number of hydrogen-bond donors (Lipinski definition) is 1. The first kappa shape index (κ1) is 11.6. The van der Waals surface area contributed by atoms with Gasteiger partial charge in [0.25, 0.3) is 0 Å². The van der Waals surface area contributed by atoms with Crippen molar-refractivity contribution in [3.8, 4) is 0 Å². The van der Waals surface area contributed by atoms with E-state index in [0.29, 0.717) is 11.8 Å². The number of halogens is 1. The van der Waals surface area contributed by atoms with Crippen LogP contribution in [0.4, 0.5) is 5.82 Å². The average Bonchev–Trinajstić information content (AvgIpc) is 2.63. The maximum absolute atomic E-state index is 5.94. The van der Waals surface area contributed by atoms with Crippen LogP contribution in [0.3, 0.4) is 0 Å². The van der Waals surface area contributed by atoms with Crippen LogP contribution in [0.25, 0.3) is 0 Å². The number of nitrogens with one attached hydrogen (secondary N) is 1. The van der Waals surface area contributed by atoms with E-state index < -0.39 is 0 Å². The summed E-state index contributed by atoms with van der Waals surface area (Å²) < 4.78 is 5.38.